The molecule has 302 valence electrons. The first kappa shape index (κ1) is 41.0. The third kappa shape index (κ3) is 10.0. The molecule has 19 heteroatoms. The van der Waals surface area contributed by atoms with Crippen molar-refractivity contribution in [1.29, 1.82) is 0 Å². The van der Waals surface area contributed by atoms with Crippen LogP contribution in [0.25, 0.3) is 11.4 Å². The zero-order valence-corrected chi connectivity index (χ0v) is 32.6. The number of sulfonamides is 1. The average Bonchev–Trinajstić information content (AvgIpc) is 3.18. The van der Waals surface area contributed by atoms with E-state index in [0.717, 1.165) is 34.0 Å². The maximum Gasteiger partial charge on any atom is 0.408 e. The van der Waals surface area contributed by atoms with Gasteiger partial charge in [-0.15, -0.1) is 0 Å². The fourth-order valence-corrected chi connectivity index (χ4v) is 7.24. The van der Waals surface area contributed by atoms with Crippen LogP contribution in [-0.2, 0) is 23.1 Å². The molecule has 1 aliphatic heterocycles. The van der Waals surface area contributed by atoms with Gasteiger partial charge in [-0.1, -0.05) is 24.3 Å². The molecule has 1 atom stereocenters. The monoisotopic (exact) mass is 811 g/mol. The van der Waals surface area contributed by atoms with Gasteiger partial charge in [-0.2, -0.15) is 27.4 Å². The molecule has 0 aliphatic carbocycles. The van der Waals surface area contributed by atoms with Crippen LogP contribution in [0.3, 0.4) is 0 Å². The molecule has 5 aromatic rings. The van der Waals surface area contributed by atoms with Crippen molar-refractivity contribution in [3.63, 3.8) is 0 Å². The minimum Gasteiger partial charge on any atom is -0.497 e. The molecule has 57 heavy (non-hydrogen) atoms. The van der Waals surface area contributed by atoms with Crippen molar-refractivity contribution in [3.8, 4) is 28.8 Å². The Morgan fingerprint density at radius 2 is 1.42 bits per heavy atom. The minimum atomic E-state index is -4.78. The van der Waals surface area contributed by atoms with E-state index in [1.807, 2.05) is 53.4 Å². The van der Waals surface area contributed by atoms with E-state index >= 15 is 13.2 Å². The van der Waals surface area contributed by atoms with Crippen LogP contribution in [0, 0.1) is 12.7 Å². The average molecular weight is 812 g/mol. The van der Waals surface area contributed by atoms with Crippen LogP contribution in [0.1, 0.15) is 28.6 Å². The molecule has 1 fully saturated rings. The highest BCUT2D eigenvalue weighted by atomic mass is 32.2. The van der Waals surface area contributed by atoms with Gasteiger partial charge in [-0.3, -0.25) is 4.90 Å². The molecule has 4 heterocycles. The highest BCUT2D eigenvalue weighted by molar-refractivity contribution is 7.88. The minimum absolute atomic E-state index is 0.00595. The number of halogens is 4. The Balaban J connectivity index is 1.45. The van der Waals surface area contributed by atoms with Crippen LogP contribution in [-0.4, -0.2) is 102 Å². The fourth-order valence-electron chi connectivity index (χ4n) is 6.41. The zero-order valence-electron chi connectivity index (χ0n) is 31.8. The van der Waals surface area contributed by atoms with Crippen molar-refractivity contribution in [2.45, 2.75) is 32.2 Å². The van der Waals surface area contributed by atoms with Crippen LogP contribution in [0.5, 0.6) is 17.4 Å². The van der Waals surface area contributed by atoms with Crippen LogP contribution in [0.4, 0.5) is 35.0 Å². The predicted molar refractivity (Wildman–Crippen MR) is 204 cm³/mol. The molecule has 3 aromatic heterocycles. The summed E-state index contributed by atoms with van der Waals surface area (Å²) in [4.78, 5) is 25.5. The van der Waals surface area contributed by atoms with E-state index in [1.165, 1.54) is 24.3 Å². The number of anilines is 3. The van der Waals surface area contributed by atoms with Gasteiger partial charge in [0.05, 0.1) is 45.0 Å². The second kappa shape index (κ2) is 17.2. The predicted octanol–water partition coefficient (Wildman–Crippen LogP) is 5.93. The number of rotatable bonds is 14. The van der Waals surface area contributed by atoms with Gasteiger partial charge < -0.3 is 24.4 Å². The van der Waals surface area contributed by atoms with E-state index < -0.39 is 28.1 Å². The third-order valence-electron chi connectivity index (χ3n) is 9.23. The first-order valence-corrected chi connectivity index (χ1v) is 19.5. The molecule has 0 saturated carbocycles. The lowest BCUT2D eigenvalue weighted by Gasteiger charge is -2.39. The van der Waals surface area contributed by atoms with E-state index in [9.17, 15) is 12.8 Å². The second-order valence-corrected chi connectivity index (χ2v) is 15.2. The number of hydrogen-bond donors (Lipinski definition) is 1. The van der Waals surface area contributed by atoms with Crippen molar-refractivity contribution in [2.75, 3.05) is 64.0 Å². The number of aryl methyl sites for hydroxylation is 1. The van der Waals surface area contributed by atoms with Gasteiger partial charge in [0.25, 0.3) is 0 Å². The van der Waals surface area contributed by atoms with E-state index in [1.54, 1.807) is 21.1 Å². The molecule has 1 saturated heterocycles. The van der Waals surface area contributed by atoms with Crippen LogP contribution in [0.2, 0.25) is 0 Å². The Kier molecular flexibility index (Phi) is 12.4. The number of piperazine rings is 1. The molecule has 1 aliphatic rings. The molecule has 14 nitrogen and oxygen atoms in total. The lowest BCUT2D eigenvalue weighted by Crippen LogP contribution is -2.52. The van der Waals surface area contributed by atoms with Crippen molar-refractivity contribution >= 4 is 27.5 Å². The summed E-state index contributed by atoms with van der Waals surface area (Å²) in [6, 6.07) is 15.2. The third-order valence-corrected chi connectivity index (χ3v) is 10.5. The topological polar surface area (TPSA) is 148 Å². The van der Waals surface area contributed by atoms with E-state index in [4.69, 9.17) is 19.2 Å². The maximum absolute atomic E-state index is 15.0. The number of methoxy groups -OCH3 is 3. The number of benzene rings is 2. The Morgan fingerprint density at radius 3 is 1.93 bits per heavy atom. The summed E-state index contributed by atoms with van der Waals surface area (Å²) in [6.07, 6.45) is -1.39. The number of nitrogens with one attached hydrogen (secondary N) is 1. The smallest absolute Gasteiger partial charge is 0.408 e. The molecule has 1 N–H and O–H groups in total. The van der Waals surface area contributed by atoms with Crippen molar-refractivity contribution < 1.29 is 40.2 Å². The standard InChI is InChI=1S/C38H41F4N9O5S/c1-24-45-35(48-37(46-24)50(22-25-6-10-29(54-2)11-7-25)23-26-8-12-30(55-3)13-9-26)31-18-27(20-43-34(31)47-28-19-32(39)36(56-4)44-21-28)33(38(40,41)42)49-14-16-51(17-15-49)57(5,52)53/h6-13,18-21,33H,14-17,22-23H2,1-5H3,(H,43,47). The van der Waals surface area contributed by atoms with Gasteiger partial charge in [-0.05, 0) is 53.9 Å². The van der Waals surface area contributed by atoms with Crippen molar-refractivity contribution in [3.05, 3.63) is 101 Å². The molecular weight excluding hydrogens is 771 g/mol. The van der Waals surface area contributed by atoms with E-state index in [0.29, 0.717) is 24.6 Å². The molecule has 0 spiro atoms. The number of ether oxygens (including phenoxy) is 3. The van der Waals surface area contributed by atoms with Gasteiger partial charge in [0.1, 0.15) is 29.2 Å². The number of pyridine rings is 2. The second-order valence-electron chi connectivity index (χ2n) is 13.2. The quantitative estimate of drug-likeness (QED) is 0.132. The molecule has 0 bridgehead atoms. The summed E-state index contributed by atoms with van der Waals surface area (Å²) < 4.78 is 101. The summed E-state index contributed by atoms with van der Waals surface area (Å²) in [5.41, 5.74) is 1.75. The van der Waals surface area contributed by atoms with Gasteiger partial charge in [0, 0.05) is 51.5 Å². The van der Waals surface area contributed by atoms with E-state index in [-0.39, 0.29) is 72.3 Å². The van der Waals surface area contributed by atoms with Crippen LogP contribution >= 0.6 is 0 Å². The summed E-state index contributed by atoms with van der Waals surface area (Å²) in [5, 5.41) is 2.96. The fraction of sp³-hybridized carbons (Fsp3) is 0.342. The highest BCUT2D eigenvalue weighted by Crippen LogP contribution is 2.41. The number of aromatic nitrogens is 5. The molecule has 0 amide bonds. The lowest BCUT2D eigenvalue weighted by molar-refractivity contribution is -0.189. The van der Waals surface area contributed by atoms with Crippen molar-refractivity contribution in [1.82, 2.24) is 34.1 Å². The number of nitrogens with zero attached hydrogens (tertiary/aromatic N) is 8. The lowest BCUT2D eigenvalue weighted by atomic mass is 10.0. The van der Waals surface area contributed by atoms with Crippen molar-refractivity contribution in [2.24, 2.45) is 0 Å². The summed E-state index contributed by atoms with van der Waals surface area (Å²) >= 11 is 0. The number of alkyl halides is 3. The van der Waals surface area contributed by atoms with Crippen LogP contribution < -0.4 is 24.4 Å². The van der Waals surface area contributed by atoms with E-state index in [2.05, 4.69) is 25.3 Å². The van der Waals surface area contributed by atoms with Gasteiger partial charge in [-0.25, -0.2) is 27.8 Å². The molecule has 1 unspecified atom stereocenters. The largest absolute Gasteiger partial charge is 0.497 e. The number of hydrogen-bond acceptors (Lipinski definition) is 13. The SMILES string of the molecule is COc1ccc(CN(Cc2ccc(OC)cc2)c2nc(C)nc(-c3cc(C(N4CCN(S(C)(=O)=O)CC4)C(F)(F)F)cnc3Nc3cnc(OC)c(F)c3)n2)cc1. The molecular formula is C38H41F4N9O5S. The van der Waals surface area contributed by atoms with Gasteiger partial charge >= 0.3 is 6.18 Å². The maximum atomic E-state index is 15.0. The highest BCUT2D eigenvalue weighted by Gasteiger charge is 2.46. The Bertz CT molecular complexity index is 2230. The molecule has 2 aromatic carbocycles. The molecule has 6 rings (SSSR count). The Labute approximate surface area is 327 Å². The zero-order chi connectivity index (χ0) is 40.9. The summed E-state index contributed by atoms with van der Waals surface area (Å²) in [5.74, 6) is 0.816. The van der Waals surface area contributed by atoms with Gasteiger partial charge in [0.2, 0.25) is 21.9 Å². The van der Waals surface area contributed by atoms with Crippen LogP contribution in [0.15, 0.2) is 73.1 Å². The first-order valence-electron chi connectivity index (χ1n) is 17.6. The summed E-state index contributed by atoms with van der Waals surface area (Å²) in [6.45, 7) is 1.71. The molecule has 0 radical (unpaired) electrons. The Morgan fingerprint density at radius 1 is 0.825 bits per heavy atom. The Hall–Kier alpha value is -5.66. The first-order chi connectivity index (χ1) is 27.1. The van der Waals surface area contributed by atoms with Gasteiger partial charge in [0.15, 0.2) is 11.6 Å². The summed E-state index contributed by atoms with van der Waals surface area (Å²) in [7, 11) is 0.819. The normalized spacial score (nSPS) is 14.5.